The van der Waals surface area contributed by atoms with Crippen LogP contribution < -0.4 is 4.74 Å². The topological polar surface area (TPSA) is 53.4 Å². The Bertz CT molecular complexity index is 973. The predicted molar refractivity (Wildman–Crippen MR) is 107 cm³/mol. The van der Waals surface area contributed by atoms with Crippen LogP contribution in [-0.2, 0) is 16.1 Å². The smallest absolute Gasteiger partial charge is 0.316 e. The summed E-state index contributed by atoms with van der Waals surface area (Å²) in [6.45, 7) is 3.91. The van der Waals surface area contributed by atoms with Crippen LogP contribution in [-0.4, -0.2) is 28.6 Å². The van der Waals surface area contributed by atoms with Crippen molar-refractivity contribution in [2.75, 3.05) is 12.9 Å². The van der Waals surface area contributed by atoms with Crippen LogP contribution in [0.3, 0.4) is 0 Å². The van der Waals surface area contributed by atoms with Gasteiger partial charge < -0.3 is 9.47 Å². The van der Waals surface area contributed by atoms with E-state index in [1.807, 2.05) is 48.9 Å². The van der Waals surface area contributed by atoms with Crippen LogP contribution in [0.15, 0.2) is 53.4 Å². The molecule has 0 saturated carbocycles. The predicted octanol–water partition coefficient (Wildman–Crippen LogP) is 4.47. The summed E-state index contributed by atoms with van der Waals surface area (Å²) in [6, 6.07) is 14.3. The van der Waals surface area contributed by atoms with E-state index in [1.54, 1.807) is 6.07 Å². The van der Waals surface area contributed by atoms with Gasteiger partial charge >= 0.3 is 5.97 Å². The molecule has 1 heterocycles. The Morgan fingerprint density at radius 1 is 1.18 bits per heavy atom. The summed E-state index contributed by atoms with van der Waals surface area (Å²) >= 11 is 1.39. The molecule has 2 aromatic carbocycles. The van der Waals surface area contributed by atoms with Gasteiger partial charge in [0.15, 0.2) is 11.6 Å². The molecule has 0 aliphatic heterocycles. The summed E-state index contributed by atoms with van der Waals surface area (Å²) in [5.74, 6) is -0.537. The van der Waals surface area contributed by atoms with Gasteiger partial charge in [-0.3, -0.25) is 4.79 Å². The highest BCUT2D eigenvalue weighted by Gasteiger charge is 2.15. The number of thioether (sulfide) groups is 1. The van der Waals surface area contributed by atoms with E-state index < -0.39 is 5.82 Å². The van der Waals surface area contributed by atoms with Crippen molar-refractivity contribution < 1.29 is 18.7 Å². The fourth-order valence-corrected chi connectivity index (χ4v) is 3.68. The Balaban J connectivity index is 1.59. The second kappa shape index (κ2) is 8.93. The number of rotatable bonds is 7. The number of halogens is 1. The number of carbonyl (C=O) groups excluding carboxylic acids is 1. The zero-order chi connectivity index (χ0) is 20.1. The highest BCUT2D eigenvalue weighted by Crippen LogP contribution is 2.28. The monoisotopic (exact) mass is 400 g/mol. The van der Waals surface area contributed by atoms with Gasteiger partial charge in [-0.15, -0.1) is 11.8 Å². The zero-order valence-corrected chi connectivity index (χ0v) is 16.8. The lowest BCUT2D eigenvalue weighted by molar-refractivity contribution is -0.141. The van der Waals surface area contributed by atoms with Crippen molar-refractivity contribution in [1.29, 1.82) is 0 Å². The van der Waals surface area contributed by atoms with Gasteiger partial charge in [0.1, 0.15) is 6.61 Å². The molecule has 0 atom stereocenters. The summed E-state index contributed by atoms with van der Waals surface area (Å²) in [7, 11) is 1.40. The maximum Gasteiger partial charge on any atom is 0.316 e. The van der Waals surface area contributed by atoms with Crippen LogP contribution in [0.25, 0.3) is 5.69 Å². The number of hydrogen-bond acceptors (Lipinski definition) is 5. The van der Waals surface area contributed by atoms with E-state index >= 15 is 0 Å². The van der Waals surface area contributed by atoms with Crippen molar-refractivity contribution in [3.05, 3.63) is 71.3 Å². The fourth-order valence-electron chi connectivity index (χ4n) is 2.79. The zero-order valence-electron chi connectivity index (χ0n) is 15.9. The largest absolute Gasteiger partial charge is 0.494 e. The van der Waals surface area contributed by atoms with Crippen LogP contribution in [0.1, 0.15) is 17.0 Å². The van der Waals surface area contributed by atoms with Gasteiger partial charge in [-0.1, -0.05) is 24.3 Å². The number of ether oxygens (including phenoxy) is 2. The lowest BCUT2D eigenvalue weighted by Gasteiger charge is -2.07. The summed E-state index contributed by atoms with van der Waals surface area (Å²) in [5.41, 5.74) is 3.37. The van der Waals surface area contributed by atoms with Crippen molar-refractivity contribution in [3.63, 3.8) is 0 Å². The fraction of sp³-hybridized carbons (Fsp3) is 0.238. The van der Waals surface area contributed by atoms with Gasteiger partial charge in [-0.25, -0.2) is 9.07 Å². The minimum atomic E-state index is -0.481. The molecule has 0 aliphatic rings. The summed E-state index contributed by atoms with van der Waals surface area (Å²) in [4.78, 5) is 13.1. The molecule has 0 N–H and O–H groups in total. The molecule has 0 aliphatic carbocycles. The standard InChI is InChI=1S/C21H21FN2O3S/c1-14-21(15(2)24(23-14)17-7-5-4-6-8-17)28-13-20(25)27-12-16-9-10-19(26-3)18(22)11-16/h4-11H,12-13H2,1-3H3. The van der Waals surface area contributed by atoms with Gasteiger partial charge in [-0.2, -0.15) is 5.10 Å². The molecular formula is C21H21FN2O3S. The van der Waals surface area contributed by atoms with Gasteiger partial charge in [0, 0.05) is 0 Å². The summed E-state index contributed by atoms with van der Waals surface area (Å²) < 4.78 is 25.7. The molecule has 7 heteroatoms. The minimum absolute atomic E-state index is 0.0154. The SMILES string of the molecule is COc1ccc(COC(=O)CSc2c(C)nn(-c3ccccc3)c2C)cc1F. The van der Waals surface area contributed by atoms with E-state index in [1.165, 1.54) is 31.0 Å². The maximum absolute atomic E-state index is 13.7. The van der Waals surface area contributed by atoms with Crippen LogP contribution in [0.4, 0.5) is 4.39 Å². The Labute approximate surface area is 167 Å². The quantitative estimate of drug-likeness (QED) is 0.433. The number of esters is 1. The van der Waals surface area contributed by atoms with E-state index in [4.69, 9.17) is 9.47 Å². The number of benzene rings is 2. The molecule has 3 aromatic rings. The normalized spacial score (nSPS) is 10.7. The van der Waals surface area contributed by atoms with E-state index in [-0.39, 0.29) is 24.1 Å². The van der Waals surface area contributed by atoms with Crippen molar-refractivity contribution in [2.24, 2.45) is 0 Å². The molecular weight excluding hydrogens is 379 g/mol. The van der Waals surface area contributed by atoms with E-state index in [0.717, 1.165) is 22.0 Å². The molecule has 0 bridgehead atoms. The molecule has 0 spiro atoms. The molecule has 0 amide bonds. The Morgan fingerprint density at radius 2 is 1.93 bits per heavy atom. The van der Waals surface area contributed by atoms with Crippen molar-refractivity contribution in [3.8, 4) is 11.4 Å². The third kappa shape index (κ3) is 4.54. The van der Waals surface area contributed by atoms with Crippen LogP contribution in [0, 0.1) is 19.7 Å². The third-order valence-corrected chi connectivity index (χ3v) is 5.44. The molecule has 146 valence electrons. The van der Waals surface area contributed by atoms with Crippen molar-refractivity contribution in [1.82, 2.24) is 9.78 Å². The first-order chi connectivity index (χ1) is 13.5. The number of aryl methyl sites for hydroxylation is 1. The molecule has 0 radical (unpaired) electrons. The third-order valence-electron chi connectivity index (χ3n) is 4.18. The highest BCUT2D eigenvalue weighted by atomic mass is 32.2. The number of hydrogen-bond donors (Lipinski definition) is 0. The number of carbonyl (C=O) groups is 1. The molecule has 5 nitrogen and oxygen atoms in total. The van der Waals surface area contributed by atoms with E-state index in [9.17, 15) is 9.18 Å². The number of para-hydroxylation sites is 1. The Kier molecular flexibility index (Phi) is 6.36. The first-order valence-corrected chi connectivity index (χ1v) is 9.70. The summed E-state index contributed by atoms with van der Waals surface area (Å²) in [6.07, 6.45) is 0. The van der Waals surface area contributed by atoms with Crippen molar-refractivity contribution in [2.45, 2.75) is 25.3 Å². The van der Waals surface area contributed by atoms with Crippen LogP contribution in [0.2, 0.25) is 0 Å². The second-order valence-corrected chi connectivity index (χ2v) is 7.15. The van der Waals surface area contributed by atoms with Gasteiger partial charge in [0.2, 0.25) is 0 Å². The number of aromatic nitrogens is 2. The van der Waals surface area contributed by atoms with Gasteiger partial charge in [0.05, 0.1) is 34.8 Å². The lowest BCUT2D eigenvalue weighted by atomic mass is 10.2. The van der Waals surface area contributed by atoms with E-state index in [2.05, 4.69) is 5.10 Å². The lowest BCUT2D eigenvalue weighted by Crippen LogP contribution is -2.07. The first kappa shape index (κ1) is 19.9. The molecule has 1 aromatic heterocycles. The summed E-state index contributed by atoms with van der Waals surface area (Å²) in [5, 5.41) is 4.57. The van der Waals surface area contributed by atoms with Crippen LogP contribution >= 0.6 is 11.8 Å². The van der Waals surface area contributed by atoms with E-state index in [0.29, 0.717) is 5.56 Å². The second-order valence-electron chi connectivity index (χ2n) is 6.17. The van der Waals surface area contributed by atoms with Crippen LogP contribution in [0.5, 0.6) is 5.75 Å². The average molecular weight is 400 g/mol. The van der Waals surface area contributed by atoms with Gasteiger partial charge in [0.25, 0.3) is 0 Å². The van der Waals surface area contributed by atoms with Crippen molar-refractivity contribution >= 4 is 17.7 Å². The average Bonchev–Trinajstić information content (AvgIpc) is 2.99. The molecule has 0 fully saturated rings. The minimum Gasteiger partial charge on any atom is -0.494 e. The first-order valence-electron chi connectivity index (χ1n) is 8.72. The van der Waals surface area contributed by atoms with Gasteiger partial charge in [-0.05, 0) is 43.7 Å². The molecule has 28 heavy (non-hydrogen) atoms. The Morgan fingerprint density at radius 3 is 2.61 bits per heavy atom. The highest BCUT2D eigenvalue weighted by molar-refractivity contribution is 8.00. The molecule has 3 rings (SSSR count). The number of methoxy groups -OCH3 is 1. The maximum atomic E-state index is 13.7. The molecule has 0 unspecified atom stereocenters. The Hall–Kier alpha value is -2.80. The molecule has 0 saturated heterocycles. The number of nitrogens with zero attached hydrogens (tertiary/aromatic N) is 2.